The van der Waals surface area contributed by atoms with Crippen molar-refractivity contribution in [3.05, 3.63) is 47.0 Å². The van der Waals surface area contributed by atoms with Gasteiger partial charge in [-0.25, -0.2) is 0 Å². The molecule has 5 heteroatoms. The molecule has 0 fully saturated rings. The summed E-state index contributed by atoms with van der Waals surface area (Å²) in [7, 11) is 0. The summed E-state index contributed by atoms with van der Waals surface area (Å²) in [6, 6.07) is 2.83. The molecule has 0 amide bonds. The second kappa shape index (κ2) is 4.06. The largest absolute Gasteiger partial charge is 0.417 e. The van der Waals surface area contributed by atoms with Crippen molar-refractivity contribution in [1.82, 2.24) is 0 Å². The topological polar surface area (TPSA) is 17.1 Å². The van der Waals surface area contributed by atoms with Gasteiger partial charge < -0.3 is 0 Å². The van der Waals surface area contributed by atoms with Crippen molar-refractivity contribution in [1.29, 1.82) is 0 Å². The number of hydrogen-bond acceptors (Lipinski definition) is 1. The Kier molecular flexibility index (Phi) is 3.19. The summed E-state index contributed by atoms with van der Waals surface area (Å²) in [4.78, 5) is 11.1. The highest BCUT2D eigenvalue weighted by atomic mass is 35.5. The van der Waals surface area contributed by atoms with E-state index in [0.717, 1.165) is 24.3 Å². The zero-order valence-corrected chi connectivity index (χ0v) is 8.19. The van der Waals surface area contributed by atoms with E-state index in [1.165, 1.54) is 0 Å². The van der Waals surface area contributed by atoms with E-state index in [-0.39, 0.29) is 5.56 Å². The number of rotatable bonds is 2. The summed E-state index contributed by atoms with van der Waals surface area (Å²) in [5.41, 5.74) is -0.868. The lowest BCUT2D eigenvalue weighted by Gasteiger charge is -2.09. The van der Waals surface area contributed by atoms with Gasteiger partial charge in [0.1, 0.15) is 0 Å². The minimum atomic E-state index is -4.51. The zero-order chi connectivity index (χ0) is 11.6. The first-order valence-corrected chi connectivity index (χ1v) is 4.27. The van der Waals surface area contributed by atoms with Crippen molar-refractivity contribution in [3.63, 3.8) is 0 Å². The molecule has 0 aliphatic rings. The molecule has 0 saturated heterocycles. The SMILES string of the molecule is C=CC(=O)c1ccc(C(F)(F)F)c(Cl)c1. The Labute approximate surface area is 89.2 Å². The Morgan fingerprint density at radius 2 is 2.00 bits per heavy atom. The van der Waals surface area contributed by atoms with Crippen LogP contribution in [-0.2, 0) is 6.18 Å². The summed E-state index contributed by atoms with van der Waals surface area (Å²) >= 11 is 5.41. The van der Waals surface area contributed by atoms with Crippen molar-refractivity contribution < 1.29 is 18.0 Å². The number of alkyl halides is 3. The molecule has 0 spiro atoms. The third-order valence-corrected chi connectivity index (χ3v) is 2.06. The molecule has 1 nitrogen and oxygen atoms in total. The fourth-order valence-electron chi connectivity index (χ4n) is 1.02. The minimum absolute atomic E-state index is 0.0861. The molecule has 0 aliphatic carbocycles. The summed E-state index contributed by atoms with van der Waals surface area (Å²) < 4.78 is 36.8. The van der Waals surface area contributed by atoms with Gasteiger partial charge >= 0.3 is 6.18 Å². The fourth-order valence-corrected chi connectivity index (χ4v) is 1.30. The second-order valence-corrected chi connectivity index (χ2v) is 3.17. The molecule has 0 atom stereocenters. The number of benzene rings is 1. The van der Waals surface area contributed by atoms with E-state index in [2.05, 4.69) is 6.58 Å². The van der Waals surface area contributed by atoms with Crippen LogP contribution < -0.4 is 0 Å². The Hall–Kier alpha value is -1.29. The van der Waals surface area contributed by atoms with Gasteiger partial charge in [0.05, 0.1) is 10.6 Å². The van der Waals surface area contributed by atoms with Gasteiger partial charge in [-0.1, -0.05) is 24.2 Å². The van der Waals surface area contributed by atoms with Gasteiger partial charge in [-0.2, -0.15) is 13.2 Å². The normalized spacial score (nSPS) is 11.2. The van der Waals surface area contributed by atoms with E-state index >= 15 is 0 Å². The predicted molar refractivity (Wildman–Crippen MR) is 51.0 cm³/mol. The van der Waals surface area contributed by atoms with Crippen LogP contribution in [-0.4, -0.2) is 5.78 Å². The van der Waals surface area contributed by atoms with Crippen LogP contribution in [0.15, 0.2) is 30.9 Å². The van der Waals surface area contributed by atoms with Gasteiger partial charge in [-0.15, -0.1) is 0 Å². The highest BCUT2D eigenvalue weighted by Gasteiger charge is 2.33. The standard InChI is InChI=1S/C10H6ClF3O/c1-2-9(15)6-3-4-7(8(11)5-6)10(12,13)14/h2-5H,1H2. The Morgan fingerprint density at radius 3 is 2.40 bits per heavy atom. The second-order valence-electron chi connectivity index (χ2n) is 2.76. The van der Waals surface area contributed by atoms with Gasteiger partial charge in [0.25, 0.3) is 0 Å². The molecule has 1 aromatic rings. The summed E-state index contributed by atoms with van der Waals surface area (Å²) in [5, 5.41) is -0.491. The molecule has 1 rings (SSSR count). The molecular formula is C10H6ClF3O. The van der Waals surface area contributed by atoms with Crippen molar-refractivity contribution in [3.8, 4) is 0 Å². The highest BCUT2D eigenvalue weighted by molar-refractivity contribution is 6.32. The van der Waals surface area contributed by atoms with Gasteiger partial charge in [0.2, 0.25) is 0 Å². The van der Waals surface area contributed by atoms with Gasteiger partial charge in [0.15, 0.2) is 5.78 Å². The summed E-state index contributed by atoms with van der Waals surface area (Å²) in [6.07, 6.45) is -3.49. The smallest absolute Gasteiger partial charge is 0.289 e. The number of halogens is 4. The van der Waals surface area contributed by atoms with E-state index in [9.17, 15) is 18.0 Å². The fraction of sp³-hybridized carbons (Fsp3) is 0.100. The summed E-state index contributed by atoms with van der Waals surface area (Å²) in [6.45, 7) is 3.22. The van der Waals surface area contributed by atoms with E-state index in [4.69, 9.17) is 11.6 Å². The number of carbonyl (C=O) groups is 1. The van der Waals surface area contributed by atoms with Crippen LogP contribution in [0.2, 0.25) is 5.02 Å². The molecule has 0 unspecified atom stereocenters. The first kappa shape index (κ1) is 11.8. The average Bonchev–Trinajstić information content (AvgIpc) is 2.14. The van der Waals surface area contributed by atoms with Crippen LogP contribution in [0.25, 0.3) is 0 Å². The lowest BCUT2D eigenvalue weighted by Crippen LogP contribution is -2.06. The van der Waals surface area contributed by atoms with Crippen molar-refractivity contribution in [2.45, 2.75) is 6.18 Å². The van der Waals surface area contributed by atoms with Crippen molar-refractivity contribution in [2.75, 3.05) is 0 Å². The van der Waals surface area contributed by atoms with Crippen LogP contribution in [0.3, 0.4) is 0 Å². The molecule has 80 valence electrons. The van der Waals surface area contributed by atoms with E-state index < -0.39 is 22.5 Å². The van der Waals surface area contributed by atoms with Gasteiger partial charge in [-0.05, 0) is 18.2 Å². The Balaban J connectivity index is 3.20. The molecule has 0 N–H and O–H groups in total. The lowest BCUT2D eigenvalue weighted by molar-refractivity contribution is -0.137. The lowest BCUT2D eigenvalue weighted by atomic mass is 10.1. The van der Waals surface area contributed by atoms with Gasteiger partial charge in [0, 0.05) is 5.56 Å². The molecule has 0 heterocycles. The number of hydrogen-bond donors (Lipinski definition) is 0. The molecular weight excluding hydrogens is 229 g/mol. The molecule has 1 aromatic carbocycles. The van der Waals surface area contributed by atoms with Crippen molar-refractivity contribution in [2.24, 2.45) is 0 Å². The maximum absolute atomic E-state index is 12.3. The van der Waals surface area contributed by atoms with Gasteiger partial charge in [-0.3, -0.25) is 4.79 Å². The van der Waals surface area contributed by atoms with E-state index in [1.807, 2.05) is 0 Å². The molecule has 15 heavy (non-hydrogen) atoms. The number of ketones is 1. The maximum Gasteiger partial charge on any atom is 0.417 e. The van der Waals surface area contributed by atoms with Crippen molar-refractivity contribution >= 4 is 17.4 Å². The Bertz CT molecular complexity index is 410. The first-order chi connectivity index (χ1) is 6.86. The van der Waals surface area contributed by atoms with Crippen LogP contribution in [0.4, 0.5) is 13.2 Å². The molecule has 0 saturated carbocycles. The highest BCUT2D eigenvalue weighted by Crippen LogP contribution is 2.34. The van der Waals surface area contributed by atoms with Crippen LogP contribution in [0.5, 0.6) is 0 Å². The third kappa shape index (κ3) is 2.59. The number of allylic oxidation sites excluding steroid dienone is 1. The van der Waals surface area contributed by atoms with E-state index in [0.29, 0.717) is 0 Å². The first-order valence-electron chi connectivity index (χ1n) is 3.90. The maximum atomic E-state index is 12.3. The number of carbonyl (C=O) groups excluding carboxylic acids is 1. The summed E-state index contributed by atoms with van der Waals surface area (Å²) in [5.74, 6) is -0.467. The zero-order valence-electron chi connectivity index (χ0n) is 7.44. The molecule has 0 aromatic heterocycles. The van der Waals surface area contributed by atoms with Crippen LogP contribution >= 0.6 is 11.6 Å². The van der Waals surface area contributed by atoms with E-state index in [1.54, 1.807) is 0 Å². The predicted octanol–water partition coefficient (Wildman–Crippen LogP) is 3.73. The van der Waals surface area contributed by atoms with Crippen LogP contribution in [0.1, 0.15) is 15.9 Å². The molecule has 0 aliphatic heterocycles. The monoisotopic (exact) mass is 234 g/mol. The quantitative estimate of drug-likeness (QED) is 0.563. The molecule has 0 bridgehead atoms. The van der Waals surface area contributed by atoms with Crippen LogP contribution in [0, 0.1) is 0 Å². The Morgan fingerprint density at radius 1 is 1.40 bits per heavy atom. The average molecular weight is 235 g/mol. The third-order valence-electron chi connectivity index (χ3n) is 1.74. The minimum Gasteiger partial charge on any atom is -0.289 e. The molecule has 0 radical (unpaired) electrons.